The number of fused-ring (bicyclic) bond motifs is 1. The molecule has 39 heavy (non-hydrogen) atoms. The largest absolute Gasteiger partial charge is 0.476 e. The first-order chi connectivity index (χ1) is 18.7. The van der Waals surface area contributed by atoms with E-state index in [1.807, 2.05) is 39.0 Å². The molecule has 0 aliphatic heterocycles. The first kappa shape index (κ1) is 27.6. The lowest BCUT2D eigenvalue weighted by molar-refractivity contribution is -0.385. The molecule has 0 spiro atoms. The number of ether oxygens (including phenoxy) is 1. The number of hydrogen-bond donors (Lipinski definition) is 1. The fraction of sp³-hybridized carbons (Fsp3) is 0.214. The average molecular weight is 592 g/mol. The molecule has 0 aliphatic rings. The van der Waals surface area contributed by atoms with Gasteiger partial charge in [0.1, 0.15) is 5.82 Å². The number of halogens is 1. The summed E-state index contributed by atoms with van der Waals surface area (Å²) >= 11 is 3.38. The molecular weight excluding hydrogens is 566 g/mol. The van der Waals surface area contributed by atoms with Crippen molar-refractivity contribution in [2.24, 2.45) is 5.10 Å². The summed E-state index contributed by atoms with van der Waals surface area (Å²) in [5.74, 6) is -0.257. The molecule has 4 rings (SSSR count). The van der Waals surface area contributed by atoms with Crippen molar-refractivity contribution in [3.05, 3.63) is 103 Å². The molecule has 4 aromatic rings. The van der Waals surface area contributed by atoms with Crippen LogP contribution in [0, 0.1) is 17.0 Å². The number of nitro benzene ring substituents is 1. The molecule has 10 nitrogen and oxygen atoms in total. The van der Waals surface area contributed by atoms with Gasteiger partial charge in [-0.25, -0.2) is 4.98 Å². The van der Waals surface area contributed by atoms with E-state index in [9.17, 15) is 19.7 Å². The third kappa shape index (κ3) is 6.37. The fourth-order valence-corrected chi connectivity index (χ4v) is 4.18. The number of carbonyl (C=O) groups is 1. The molecule has 0 saturated carbocycles. The second-order valence-electron chi connectivity index (χ2n) is 8.96. The van der Waals surface area contributed by atoms with Gasteiger partial charge in [0.15, 0.2) is 6.61 Å². The van der Waals surface area contributed by atoms with Gasteiger partial charge < -0.3 is 10.1 Å². The van der Waals surface area contributed by atoms with E-state index >= 15 is 0 Å². The summed E-state index contributed by atoms with van der Waals surface area (Å²) in [7, 11) is 0. The number of amides is 1. The van der Waals surface area contributed by atoms with Crippen LogP contribution in [0.3, 0.4) is 0 Å². The van der Waals surface area contributed by atoms with E-state index in [0.717, 1.165) is 10.0 Å². The van der Waals surface area contributed by atoms with E-state index in [4.69, 9.17) is 4.74 Å². The van der Waals surface area contributed by atoms with E-state index in [0.29, 0.717) is 28.8 Å². The molecule has 1 amide bonds. The third-order valence-corrected chi connectivity index (χ3v) is 6.60. The molecule has 0 aliphatic carbocycles. The lowest BCUT2D eigenvalue weighted by Crippen LogP contribution is -2.24. The predicted octanol–water partition coefficient (Wildman–Crippen LogP) is 5.79. The number of benzene rings is 3. The van der Waals surface area contributed by atoms with Gasteiger partial charge in [-0.1, -0.05) is 53.5 Å². The monoisotopic (exact) mass is 591 g/mol. The maximum Gasteiger partial charge on any atom is 0.311 e. The fourth-order valence-electron chi connectivity index (χ4n) is 3.82. The van der Waals surface area contributed by atoms with E-state index in [-0.39, 0.29) is 28.5 Å². The Labute approximate surface area is 232 Å². The highest BCUT2D eigenvalue weighted by Gasteiger charge is 2.21. The summed E-state index contributed by atoms with van der Waals surface area (Å²) in [6, 6.07) is 16.8. The normalized spacial score (nSPS) is 12.0. The number of rotatable bonds is 9. The van der Waals surface area contributed by atoms with Crippen LogP contribution in [0.4, 0.5) is 11.4 Å². The van der Waals surface area contributed by atoms with Crippen molar-refractivity contribution in [2.45, 2.75) is 33.1 Å². The number of carbonyl (C=O) groups excluding carboxylic acids is 1. The molecule has 1 N–H and O–H groups in total. The van der Waals surface area contributed by atoms with Crippen molar-refractivity contribution in [2.75, 3.05) is 11.9 Å². The van der Waals surface area contributed by atoms with E-state index < -0.39 is 17.4 Å². The number of aromatic nitrogens is 2. The zero-order chi connectivity index (χ0) is 28.1. The summed E-state index contributed by atoms with van der Waals surface area (Å²) in [5, 5.41) is 19.2. The maximum absolute atomic E-state index is 13.4. The molecule has 0 bridgehead atoms. The van der Waals surface area contributed by atoms with Gasteiger partial charge in [0.2, 0.25) is 5.75 Å². The second kappa shape index (κ2) is 12.0. The standard InChI is InChI=1S/C28H26BrN5O5/c1-4-18(3)27-32-23-13-10-20(29)14-22(23)28(36)33(27)30-15-19-6-5-7-24(34(37)38)26(19)39-16-25(35)31-21-11-8-17(2)9-12-21/h5-15,18H,4,16H2,1-3H3,(H,31,35)/t18-/m1/s1. The SMILES string of the molecule is CC[C@@H](C)c1nc2ccc(Br)cc2c(=O)n1N=Cc1cccc([N+](=O)[O-])c1OCC(=O)Nc1ccc(C)cc1. The molecule has 1 aromatic heterocycles. The van der Waals surface area contributed by atoms with Gasteiger partial charge >= 0.3 is 5.69 Å². The number of para-hydroxylation sites is 1. The molecule has 0 fully saturated rings. The van der Waals surface area contributed by atoms with Crippen LogP contribution in [-0.4, -0.2) is 33.3 Å². The molecule has 0 radical (unpaired) electrons. The predicted molar refractivity (Wildman–Crippen MR) is 154 cm³/mol. The van der Waals surface area contributed by atoms with Crippen LogP contribution in [0.15, 0.2) is 75.0 Å². The molecule has 11 heteroatoms. The van der Waals surface area contributed by atoms with E-state index in [2.05, 4.69) is 31.3 Å². The van der Waals surface area contributed by atoms with E-state index in [1.165, 1.54) is 23.0 Å². The minimum atomic E-state index is -0.601. The number of anilines is 1. The topological polar surface area (TPSA) is 129 Å². The molecule has 0 saturated heterocycles. The number of hydrogen-bond acceptors (Lipinski definition) is 7. The Morgan fingerprint density at radius 2 is 1.97 bits per heavy atom. The number of aryl methyl sites for hydroxylation is 1. The van der Waals surface area contributed by atoms with Crippen molar-refractivity contribution in [1.29, 1.82) is 0 Å². The van der Waals surface area contributed by atoms with Crippen molar-refractivity contribution in [3.8, 4) is 5.75 Å². The van der Waals surface area contributed by atoms with Gasteiger partial charge in [0.25, 0.3) is 11.5 Å². The Morgan fingerprint density at radius 1 is 1.23 bits per heavy atom. The van der Waals surface area contributed by atoms with Crippen LogP contribution in [0.1, 0.15) is 43.1 Å². The highest BCUT2D eigenvalue weighted by molar-refractivity contribution is 9.10. The van der Waals surface area contributed by atoms with Gasteiger partial charge in [-0.2, -0.15) is 9.78 Å². The van der Waals surface area contributed by atoms with Crippen LogP contribution in [0.25, 0.3) is 10.9 Å². The zero-order valence-corrected chi connectivity index (χ0v) is 23.1. The molecule has 0 unspecified atom stereocenters. The van der Waals surface area contributed by atoms with Crippen LogP contribution < -0.4 is 15.6 Å². The second-order valence-corrected chi connectivity index (χ2v) is 9.87. The Bertz CT molecular complexity index is 1630. The summed E-state index contributed by atoms with van der Waals surface area (Å²) < 4.78 is 7.56. The molecule has 1 heterocycles. The minimum absolute atomic E-state index is 0.0887. The summed E-state index contributed by atoms with van der Waals surface area (Å²) in [6.45, 7) is 5.38. The lowest BCUT2D eigenvalue weighted by Gasteiger charge is -2.14. The number of nitrogens with one attached hydrogen (secondary N) is 1. The Morgan fingerprint density at radius 3 is 2.67 bits per heavy atom. The van der Waals surface area contributed by atoms with Gasteiger partial charge in [0.05, 0.1) is 22.0 Å². The summed E-state index contributed by atoms with van der Waals surface area (Å²) in [4.78, 5) is 41.7. The lowest BCUT2D eigenvalue weighted by atomic mass is 10.1. The van der Waals surface area contributed by atoms with Crippen molar-refractivity contribution < 1.29 is 14.5 Å². The average Bonchev–Trinajstić information content (AvgIpc) is 2.92. The van der Waals surface area contributed by atoms with Crippen LogP contribution in [0.2, 0.25) is 0 Å². The highest BCUT2D eigenvalue weighted by Crippen LogP contribution is 2.30. The molecule has 3 aromatic carbocycles. The Kier molecular flexibility index (Phi) is 8.50. The first-order valence-electron chi connectivity index (χ1n) is 12.2. The number of nitro groups is 1. The van der Waals surface area contributed by atoms with Crippen molar-refractivity contribution in [1.82, 2.24) is 9.66 Å². The molecule has 200 valence electrons. The van der Waals surface area contributed by atoms with Crippen molar-refractivity contribution in [3.63, 3.8) is 0 Å². The summed E-state index contributed by atoms with van der Waals surface area (Å²) in [5.41, 5.74) is 1.67. The van der Waals surface area contributed by atoms with Gasteiger partial charge in [-0.15, -0.1) is 0 Å². The van der Waals surface area contributed by atoms with Crippen LogP contribution >= 0.6 is 15.9 Å². The zero-order valence-electron chi connectivity index (χ0n) is 21.6. The molecular formula is C28H26BrN5O5. The smallest absolute Gasteiger partial charge is 0.311 e. The first-order valence-corrected chi connectivity index (χ1v) is 13.0. The maximum atomic E-state index is 13.4. The summed E-state index contributed by atoms with van der Waals surface area (Å²) in [6.07, 6.45) is 2.02. The Balaban J connectivity index is 1.70. The number of nitrogens with zero attached hydrogens (tertiary/aromatic N) is 4. The van der Waals surface area contributed by atoms with Crippen LogP contribution in [-0.2, 0) is 4.79 Å². The Hall–Kier alpha value is -4.38. The van der Waals surface area contributed by atoms with Gasteiger partial charge in [0, 0.05) is 27.7 Å². The van der Waals surface area contributed by atoms with Gasteiger partial charge in [-0.3, -0.25) is 19.7 Å². The molecule has 1 atom stereocenters. The van der Waals surface area contributed by atoms with Crippen molar-refractivity contribution >= 4 is 50.3 Å². The van der Waals surface area contributed by atoms with Crippen LogP contribution in [0.5, 0.6) is 5.75 Å². The minimum Gasteiger partial charge on any atom is -0.476 e. The third-order valence-electron chi connectivity index (χ3n) is 6.10. The quantitative estimate of drug-likeness (QED) is 0.149. The van der Waals surface area contributed by atoms with Gasteiger partial charge in [-0.05, 0) is 49.7 Å². The highest BCUT2D eigenvalue weighted by atomic mass is 79.9. The van der Waals surface area contributed by atoms with E-state index in [1.54, 1.807) is 30.3 Å².